The van der Waals surface area contributed by atoms with Crippen LogP contribution in [0.3, 0.4) is 0 Å². The van der Waals surface area contributed by atoms with Crippen LogP contribution in [0.15, 0.2) is 30.3 Å². The molecule has 0 saturated carbocycles. The van der Waals surface area contributed by atoms with Gasteiger partial charge in [0.25, 0.3) is 0 Å². The number of hydrogen-bond donors (Lipinski definition) is 3. The van der Waals surface area contributed by atoms with Crippen molar-refractivity contribution in [2.75, 3.05) is 11.9 Å². The lowest BCUT2D eigenvalue weighted by Gasteiger charge is -2.13. The van der Waals surface area contributed by atoms with Gasteiger partial charge in [-0.15, -0.1) is 21.5 Å². The van der Waals surface area contributed by atoms with Crippen molar-refractivity contribution >= 4 is 44.8 Å². The van der Waals surface area contributed by atoms with Crippen LogP contribution in [0.5, 0.6) is 0 Å². The summed E-state index contributed by atoms with van der Waals surface area (Å²) in [5.74, 6) is -0.480. The standard InChI is InChI=1S/C17H15ClN4O2S/c18-10-4-1-3-9(7-10)12-8-11-15(25-12)14(17(23)24)21-22-16(11)20-13-5-2-6-19-13/h1,3-4,7-8,13,19H,2,5-6H2,(H,20,22)(H,23,24). The molecule has 1 atom stereocenters. The summed E-state index contributed by atoms with van der Waals surface area (Å²) in [5, 5.41) is 25.5. The van der Waals surface area contributed by atoms with Crippen molar-refractivity contribution in [3.63, 3.8) is 0 Å². The molecule has 8 heteroatoms. The van der Waals surface area contributed by atoms with Crippen molar-refractivity contribution in [1.82, 2.24) is 15.5 Å². The second kappa shape index (κ2) is 6.59. The van der Waals surface area contributed by atoms with Crippen LogP contribution >= 0.6 is 22.9 Å². The van der Waals surface area contributed by atoms with Crippen LogP contribution in [0.1, 0.15) is 23.3 Å². The third-order valence-corrected chi connectivity index (χ3v) is 5.56. The fourth-order valence-corrected chi connectivity index (χ4v) is 4.27. The normalized spacial score (nSPS) is 17.1. The van der Waals surface area contributed by atoms with Crippen LogP contribution < -0.4 is 10.6 Å². The van der Waals surface area contributed by atoms with E-state index in [9.17, 15) is 9.90 Å². The number of anilines is 1. The first-order chi connectivity index (χ1) is 12.1. The summed E-state index contributed by atoms with van der Waals surface area (Å²) >= 11 is 7.47. The number of carboxylic acid groups (broad SMARTS) is 1. The van der Waals surface area contributed by atoms with Gasteiger partial charge in [0.1, 0.15) is 0 Å². The molecule has 128 valence electrons. The van der Waals surface area contributed by atoms with E-state index in [-0.39, 0.29) is 11.9 Å². The monoisotopic (exact) mass is 374 g/mol. The minimum atomic E-state index is -1.08. The molecule has 0 spiro atoms. The number of aromatic carboxylic acids is 1. The van der Waals surface area contributed by atoms with E-state index in [2.05, 4.69) is 20.8 Å². The fraction of sp³-hybridized carbons (Fsp3) is 0.235. The van der Waals surface area contributed by atoms with E-state index >= 15 is 0 Å². The van der Waals surface area contributed by atoms with Gasteiger partial charge >= 0.3 is 5.97 Å². The molecule has 25 heavy (non-hydrogen) atoms. The Morgan fingerprint density at radius 2 is 2.24 bits per heavy atom. The Labute approximate surface area is 152 Å². The first-order valence-electron chi connectivity index (χ1n) is 7.91. The van der Waals surface area contributed by atoms with Crippen LogP contribution in [-0.4, -0.2) is 34.0 Å². The number of hydrogen-bond acceptors (Lipinski definition) is 6. The van der Waals surface area contributed by atoms with E-state index in [1.165, 1.54) is 11.3 Å². The van der Waals surface area contributed by atoms with E-state index in [0.717, 1.165) is 35.2 Å². The predicted molar refractivity (Wildman–Crippen MR) is 99.5 cm³/mol. The van der Waals surface area contributed by atoms with Crippen molar-refractivity contribution < 1.29 is 9.90 Å². The predicted octanol–water partition coefficient (Wildman–Crippen LogP) is 3.83. The maximum atomic E-state index is 11.5. The molecule has 3 N–H and O–H groups in total. The number of nitrogens with one attached hydrogen (secondary N) is 2. The second-order valence-corrected chi connectivity index (χ2v) is 7.35. The largest absolute Gasteiger partial charge is 0.476 e. The average molecular weight is 375 g/mol. The average Bonchev–Trinajstić information content (AvgIpc) is 3.24. The van der Waals surface area contributed by atoms with Gasteiger partial charge in [-0.3, -0.25) is 5.32 Å². The molecule has 0 radical (unpaired) electrons. The molecule has 0 aliphatic carbocycles. The van der Waals surface area contributed by atoms with Gasteiger partial charge in [0.2, 0.25) is 0 Å². The van der Waals surface area contributed by atoms with Gasteiger partial charge < -0.3 is 10.4 Å². The van der Waals surface area contributed by atoms with Crippen molar-refractivity contribution in [2.24, 2.45) is 0 Å². The third-order valence-electron chi connectivity index (χ3n) is 4.14. The molecule has 1 fully saturated rings. The Balaban J connectivity index is 1.84. The SMILES string of the molecule is O=C(O)c1nnc(NC2CCCN2)c2cc(-c3cccc(Cl)c3)sc12. The molecule has 1 aliphatic rings. The van der Waals surface area contributed by atoms with Crippen LogP contribution in [0.4, 0.5) is 5.82 Å². The van der Waals surface area contributed by atoms with Gasteiger partial charge in [-0.2, -0.15) is 0 Å². The van der Waals surface area contributed by atoms with Crippen LogP contribution in [0, 0.1) is 0 Å². The molecule has 2 aromatic heterocycles. The van der Waals surface area contributed by atoms with Gasteiger partial charge in [0.05, 0.1) is 10.9 Å². The van der Waals surface area contributed by atoms with Crippen molar-refractivity contribution in [3.05, 3.63) is 41.0 Å². The van der Waals surface area contributed by atoms with E-state index < -0.39 is 5.97 Å². The molecule has 1 aliphatic heterocycles. The van der Waals surface area contributed by atoms with Gasteiger partial charge in [0.15, 0.2) is 11.5 Å². The summed E-state index contributed by atoms with van der Waals surface area (Å²) in [7, 11) is 0. The zero-order valence-corrected chi connectivity index (χ0v) is 14.7. The highest BCUT2D eigenvalue weighted by atomic mass is 35.5. The summed E-state index contributed by atoms with van der Waals surface area (Å²) in [6.07, 6.45) is 2.22. The van der Waals surface area contributed by atoms with Crippen molar-refractivity contribution in [3.8, 4) is 10.4 Å². The molecule has 3 aromatic rings. The summed E-state index contributed by atoms with van der Waals surface area (Å²) in [5.41, 5.74) is 0.910. The Hall–Kier alpha value is -2.22. The summed E-state index contributed by atoms with van der Waals surface area (Å²) in [4.78, 5) is 12.4. The zero-order chi connectivity index (χ0) is 17.4. The number of aromatic nitrogens is 2. The number of fused-ring (bicyclic) bond motifs is 1. The summed E-state index contributed by atoms with van der Waals surface area (Å²) in [6, 6.07) is 9.44. The van der Waals surface area contributed by atoms with Gasteiger partial charge in [0, 0.05) is 15.3 Å². The topological polar surface area (TPSA) is 87.1 Å². The van der Waals surface area contributed by atoms with Crippen LogP contribution in [0.2, 0.25) is 5.02 Å². The lowest BCUT2D eigenvalue weighted by Crippen LogP contribution is -2.30. The number of nitrogens with zero attached hydrogens (tertiary/aromatic N) is 2. The number of thiophene rings is 1. The third kappa shape index (κ3) is 3.18. The minimum absolute atomic E-state index is 0.0294. The van der Waals surface area contributed by atoms with E-state index in [4.69, 9.17) is 11.6 Å². The van der Waals surface area contributed by atoms with Gasteiger partial charge in [-0.05, 0) is 43.1 Å². The van der Waals surface area contributed by atoms with E-state index in [1.54, 1.807) is 0 Å². The van der Waals surface area contributed by atoms with Crippen molar-refractivity contribution in [1.29, 1.82) is 0 Å². The Morgan fingerprint density at radius 3 is 2.96 bits per heavy atom. The molecule has 0 bridgehead atoms. The first-order valence-corrected chi connectivity index (χ1v) is 9.10. The molecule has 3 heterocycles. The quantitative estimate of drug-likeness (QED) is 0.643. The molecule has 1 aromatic carbocycles. The molecule has 1 unspecified atom stereocenters. The molecule has 1 saturated heterocycles. The number of carboxylic acids is 1. The lowest BCUT2D eigenvalue weighted by atomic mass is 10.1. The Bertz CT molecular complexity index is 953. The number of halogens is 1. The smallest absolute Gasteiger partial charge is 0.357 e. The van der Waals surface area contributed by atoms with Crippen LogP contribution in [0.25, 0.3) is 20.5 Å². The lowest BCUT2D eigenvalue weighted by molar-refractivity contribution is 0.0692. The molecule has 6 nitrogen and oxygen atoms in total. The maximum absolute atomic E-state index is 11.5. The Kier molecular flexibility index (Phi) is 4.29. The zero-order valence-electron chi connectivity index (χ0n) is 13.1. The summed E-state index contributed by atoms with van der Waals surface area (Å²) < 4.78 is 0.609. The number of carbonyl (C=O) groups is 1. The molecule has 0 amide bonds. The van der Waals surface area contributed by atoms with Gasteiger partial charge in [-0.25, -0.2) is 4.79 Å². The minimum Gasteiger partial charge on any atom is -0.476 e. The van der Waals surface area contributed by atoms with E-state index in [1.807, 2.05) is 30.3 Å². The van der Waals surface area contributed by atoms with Crippen molar-refractivity contribution in [2.45, 2.75) is 19.0 Å². The van der Waals surface area contributed by atoms with Gasteiger partial charge in [-0.1, -0.05) is 23.7 Å². The maximum Gasteiger partial charge on any atom is 0.357 e. The highest BCUT2D eigenvalue weighted by Gasteiger charge is 2.21. The highest BCUT2D eigenvalue weighted by Crippen LogP contribution is 2.38. The molecular formula is C17H15ClN4O2S. The second-order valence-electron chi connectivity index (χ2n) is 5.86. The van der Waals surface area contributed by atoms with E-state index in [0.29, 0.717) is 15.5 Å². The number of rotatable bonds is 4. The number of benzene rings is 1. The Morgan fingerprint density at radius 1 is 1.36 bits per heavy atom. The molecular weight excluding hydrogens is 360 g/mol. The summed E-state index contributed by atoms with van der Waals surface area (Å²) in [6.45, 7) is 0.957. The first kappa shape index (κ1) is 16.3. The fourth-order valence-electron chi connectivity index (χ4n) is 2.95. The highest BCUT2D eigenvalue weighted by molar-refractivity contribution is 7.22. The molecule has 4 rings (SSSR count). The van der Waals surface area contributed by atoms with Crippen LogP contribution in [-0.2, 0) is 0 Å².